The average molecular weight is 374 g/mol. The summed E-state index contributed by atoms with van der Waals surface area (Å²) in [6, 6.07) is 16.5. The first kappa shape index (κ1) is 17.4. The lowest BCUT2D eigenvalue weighted by molar-refractivity contribution is 0.102. The van der Waals surface area contributed by atoms with E-state index in [1.807, 2.05) is 24.3 Å². The molecule has 0 saturated carbocycles. The maximum atomic E-state index is 13.1. The molecule has 7 heteroatoms. The van der Waals surface area contributed by atoms with Crippen LogP contribution in [0.3, 0.4) is 0 Å². The van der Waals surface area contributed by atoms with E-state index < -0.39 is 11.7 Å². The highest BCUT2D eigenvalue weighted by atomic mass is 35.5. The fraction of sp³-hybridized carbons (Fsp3) is 0.0556. The number of nitrogens with one attached hydrogen (secondary N) is 1. The van der Waals surface area contributed by atoms with Crippen LogP contribution in [0, 0.1) is 5.82 Å². The standard InChI is InChI=1S/C18H13ClFN3OS/c19-14-6-4-12(5-7-14)11-25-17-9-8-16(22-23-17)21-18(24)13-2-1-3-15(20)10-13/h1-10H,11H2,(H,21,22,24). The van der Waals surface area contributed by atoms with Crippen molar-refractivity contribution in [2.75, 3.05) is 5.32 Å². The molecule has 1 amide bonds. The van der Waals surface area contributed by atoms with Gasteiger partial charge < -0.3 is 5.32 Å². The lowest BCUT2D eigenvalue weighted by atomic mass is 10.2. The number of aromatic nitrogens is 2. The molecular formula is C18H13ClFN3OS. The summed E-state index contributed by atoms with van der Waals surface area (Å²) in [5.41, 5.74) is 1.35. The molecule has 1 heterocycles. The summed E-state index contributed by atoms with van der Waals surface area (Å²) in [5, 5.41) is 12.1. The molecule has 0 aliphatic carbocycles. The average Bonchev–Trinajstić information content (AvgIpc) is 2.62. The van der Waals surface area contributed by atoms with Gasteiger partial charge in [0, 0.05) is 16.3 Å². The minimum atomic E-state index is -0.465. The third kappa shape index (κ3) is 5.01. The van der Waals surface area contributed by atoms with Gasteiger partial charge >= 0.3 is 0 Å². The summed E-state index contributed by atoms with van der Waals surface area (Å²) < 4.78 is 13.1. The number of hydrogen-bond acceptors (Lipinski definition) is 4. The Morgan fingerprint density at radius 3 is 2.56 bits per heavy atom. The molecule has 0 radical (unpaired) electrons. The van der Waals surface area contributed by atoms with E-state index in [4.69, 9.17) is 11.6 Å². The largest absolute Gasteiger partial charge is 0.305 e. The number of hydrogen-bond donors (Lipinski definition) is 1. The van der Waals surface area contributed by atoms with Gasteiger partial charge in [-0.1, -0.05) is 41.6 Å². The fourth-order valence-corrected chi connectivity index (χ4v) is 2.92. The summed E-state index contributed by atoms with van der Waals surface area (Å²) in [6.45, 7) is 0. The van der Waals surface area contributed by atoms with Gasteiger partial charge in [-0.3, -0.25) is 4.79 Å². The molecule has 0 aliphatic heterocycles. The Hall–Kier alpha value is -2.44. The first-order valence-electron chi connectivity index (χ1n) is 7.38. The maximum Gasteiger partial charge on any atom is 0.256 e. The molecule has 0 aliphatic rings. The Morgan fingerprint density at radius 1 is 1.08 bits per heavy atom. The number of thioether (sulfide) groups is 1. The van der Waals surface area contributed by atoms with Crippen molar-refractivity contribution in [3.05, 3.63) is 82.6 Å². The van der Waals surface area contributed by atoms with Crippen molar-refractivity contribution in [3.8, 4) is 0 Å². The number of amides is 1. The van der Waals surface area contributed by atoms with Crippen LogP contribution >= 0.6 is 23.4 Å². The van der Waals surface area contributed by atoms with Crippen molar-refractivity contribution in [2.24, 2.45) is 0 Å². The van der Waals surface area contributed by atoms with E-state index in [0.29, 0.717) is 10.8 Å². The van der Waals surface area contributed by atoms with E-state index in [0.717, 1.165) is 16.3 Å². The zero-order valence-electron chi connectivity index (χ0n) is 12.9. The Balaban J connectivity index is 1.58. The molecule has 0 spiro atoms. The van der Waals surface area contributed by atoms with Gasteiger partial charge in [-0.15, -0.1) is 10.2 Å². The summed E-state index contributed by atoms with van der Waals surface area (Å²) >= 11 is 7.38. The van der Waals surface area contributed by atoms with Crippen molar-refractivity contribution < 1.29 is 9.18 Å². The predicted molar refractivity (Wildman–Crippen MR) is 97.4 cm³/mol. The summed E-state index contributed by atoms with van der Waals surface area (Å²) in [4.78, 5) is 12.0. The third-order valence-electron chi connectivity index (χ3n) is 3.27. The second-order valence-corrected chi connectivity index (χ2v) is 6.57. The van der Waals surface area contributed by atoms with Crippen LogP contribution in [-0.2, 0) is 5.75 Å². The summed E-state index contributed by atoms with van der Waals surface area (Å²) in [7, 11) is 0. The Labute approximate surface area is 153 Å². The van der Waals surface area contributed by atoms with Crippen LogP contribution in [0.1, 0.15) is 15.9 Å². The monoisotopic (exact) mass is 373 g/mol. The minimum Gasteiger partial charge on any atom is -0.305 e. The van der Waals surface area contributed by atoms with Gasteiger partial charge in [-0.05, 0) is 48.0 Å². The van der Waals surface area contributed by atoms with Crippen molar-refractivity contribution in [2.45, 2.75) is 10.8 Å². The molecule has 3 rings (SSSR count). The number of anilines is 1. The number of nitrogens with zero attached hydrogens (tertiary/aromatic N) is 2. The van der Waals surface area contributed by atoms with Gasteiger partial charge in [0.2, 0.25) is 0 Å². The third-order valence-corrected chi connectivity index (χ3v) is 4.51. The van der Waals surface area contributed by atoms with Crippen LogP contribution in [0.4, 0.5) is 10.2 Å². The van der Waals surface area contributed by atoms with Crippen LogP contribution < -0.4 is 5.32 Å². The number of carbonyl (C=O) groups excluding carboxylic acids is 1. The van der Waals surface area contributed by atoms with Gasteiger partial charge in [0.25, 0.3) is 5.91 Å². The van der Waals surface area contributed by atoms with Crippen molar-refractivity contribution in [1.29, 1.82) is 0 Å². The quantitative estimate of drug-likeness (QED) is 0.652. The molecule has 3 aromatic rings. The summed E-state index contributed by atoms with van der Waals surface area (Å²) in [5.74, 6) is 0.147. The highest BCUT2D eigenvalue weighted by molar-refractivity contribution is 7.98. The molecule has 2 aromatic carbocycles. The second kappa shape index (κ2) is 8.09. The van der Waals surface area contributed by atoms with E-state index in [9.17, 15) is 9.18 Å². The number of carbonyl (C=O) groups is 1. The van der Waals surface area contributed by atoms with E-state index in [1.54, 1.807) is 12.1 Å². The van der Waals surface area contributed by atoms with Crippen LogP contribution in [0.25, 0.3) is 0 Å². The molecule has 25 heavy (non-hydrogen) atoms. The zero-order valence-corrected chi connectivity index (χ0v) is 14.5. The minimum absolute atomic E-state index is 0.225. The smallest absolute Gasteiger partial charge is 0.256 e. The number of halogens is 2. The van der Waals surface area contributed by atoms with Crippen molar-refractivity contribution >= 4 is 35.1 Å². The SMILES string of the molecule is O=C(Nc1ccc(SCc2ccc(Cl)cc2)nn1)c1cccc(F)c1. The van der Waals surface area contributed by atoms with Crippen LogP contribution in [0.5, 0.6) is 0 Å². The van der Waals surface area contributed by atoms with Gasteiger partial charge in [-0.2, -0.15) is 0 Å². The highest BCUT2D eigenvalue weighted by Gasteiger charge is 2.08. The first-order valence-corrected chi connectivity index (χ1v) is 8.74. The fourth-order valence-electron chi connectivity index (χ4n) is 2.02. The molecular weight excluding hydrogens is 361 g/mol. The van der Waals surface area contributed by atoms with Crippen LogP contribution in [-0.4, -0.2) is 16.1 Å². The zero-order chi connectivity index (χ0) is 17.6. The van der Waals surface area contributed by atoms with E-state index in [2.05, 4.69) is 15.5 Å². The molecule has 126 valence electrons. The molecule has 0 unspecified atom stereocenters. The van der Waals surface area contributed by atoms with Gasteiger partial charge in [0.15, 0.2) is 5.82 Å². The molecule has 0 bridgehead atoms. The van der Waals surface area contributed by atoms with Crippen molar-refractivity contribution in [3.63, 3.8) is 0 Å². The number of benzene rings is 2. The lowest BCUT2D eigenvalue weighted by Gasteiger charge is -2.05. The Bertz CT molecular complexity index is 872. The normalized spacial score (nSPS) is 10.5. The van der Waals surface area contributed by atoms with Gasteiger partial charge in [0.05, 0.1) is 0 Å². The highest BCUT2D eigenvalue weighted by Crippen LogP contribution is 2.22. The second-order valence-electron chi connectivity index (χ2n) is 5.14. The summed E-state index contributed by atoms with van der Waals surface area (Å²) in [6.07, 6.45) is 0. The molecule has 0 saturated heterocycles. The maximum absolute atomic E-state index is 13.1. The molecule has 1 aromatic heterocycles. The van der Waals surface area contributed by atoms with E-state index >= 15 is 0 Å². The topological polar surface area (TPSA) is 54.9 Å². The van der Waals surface area contributed by atoms with E-state index in [-0.39, 0.29) is 5.56 Å². The van der Waals surface area contributed by atoms with Gasteiger partial charge in [-0.25, -0.2) is 4.39 Å². The van der Waals surface area contributed by atoms with E-state index in [1.165, 1.54) is 36.0 Å². The predicted octanol–water partition coefficient (Wildman–Crippen LogP) is 4.81. The van der Waals surface area contributed by atoms with Crippen molar-refractivity contribution in [1.82, 2.24) is 10.2 Å². The molecule has 4 nitrogen and oxygen atoms in total. The Morgan fingerprint density at radius 2 is 1.88 bits per heavy atom. The molecule has 0 fully saturated rings. The molecule has 0 atom stereocenters. The van der Waals surface area contributed by atoms with Gasteiger partial charge in [0.1, 0.15) is 10.8 Å². The van der Waals surface area contributed by atoms with Crippen LogP contribution in [0.2, 0.25) is 5.02 Å². The lowest BCUT2D eigenvalue weighted by Crippen LogP contribution is -2.13. The Kier molecular flexibility index (Phi) is 5.63. The molecule has 1 N–H and O–H groups in total. The van der Waals surface area contributed by atoms with Crippen LogP contribution in [0.15, 0.2) is 65.7 Å². The first-order chi connectivity index (χ1) is 12.1. The number of rotatable bonds is 5.